The molecule has 0 aliphatic carbocycles. The molecular formula is C31H23NO5. The first-order valence-corrected chi connectivity index (χ1v) is 11.7. The van der Waals surface area contributed by atoms with E-state index >= 15 is 0 Å². The standard InChI is InChI=1S/C31H23NO5/c1-35-29-19-21(12-17-28(29)36-20-27(33)24-10-6-3-7-11-24)18-26-31(34)37-30(32-26)25-15-13-23(14-16-25)22-8-4-2-5-9-22/h2-19H,20H2,1H3/b26-18-. The summed E-state index contributed by atoms with van der Waals surface area (Å²) >= 11 is 0. The summed E-state index contributed by atoms with van der Waals surface area (Å²) in [6, 6.07) is 31.8. The number of esters is 1. The molecular weight excluding hydrogens is 466 g/mol. The molecule has 4 aromatic rings. The topological polar surface area (TPSA) is 74.2 Å². The number of benzene rings is 4. The van der Waals surface area contributed by atoms with Gasteiger partial charge in [-0.1, -0.05) is 78.9 Å². The van der Waals surface area contributed by atoms with Crippen molar-refractivity contribution in [3.05, 3.63) is 126 Å². The Morgan fingerprint density at radius 1 is 0.811 bits per heavy atom. The van der Waals surface area contributed by atoms with Gasteiger partial charge in [-0.25, -0.2) is 9.79 Å². The van der Waals surface area contributed by atoms with Gasteiger partial charge in [0.25, 0.3) is 0 Å². The second-order valence-corrected chi connectivity index (χ2v) is 8.27. The normalized spacial score (nSPS) is 13.7. The number of carbonyl (C=O) groups is 2. The van der Waals surface area contributed by atoms with Gasteiger partial charge in [0.2, 0.25) is 5.90 Å². The first kappa shape index (κ1) is 23.8. The molecule has 0 radical (unpaired) electrons. The van der Waals surface area contributed by atoms with Gasteiger partial charge in [0.15, 0.2) is 29.6 Å². The summed E-state index contributed by atoms with van der Waals surface area (Å²) < 4.78 is 16.5. The molecule has 0 aromatic heterocycles. The molecule has 0 saturated carbocycles. The van der Waals surface area contributed by atoms with Gasteiger partial charge in [-0.15, -0.1) is 0 Å². The summed E-state index contributed by atoms with van der Waals surface area (Å²) in [6.45, 7) is -0.121. The van der Waals surface area contributed by atoms with Crippen LogP contribution in [-0.2, 0) is 9.53 Å². The van der Waals surface area contributed by atoms with Crippen molar-refractivity contribution in [2.75, 3.05) is 13.7 Å². The molecule has 6 heteroatoms. The van der Waals surface area contributed by atoms with E-state index < -0.39 is 5.97 Å². The summed E-state index contributed by atoms with van der Waals surface area (Å²) in [7, 11) is 1.51. The molecule has 0 amide bonds. The summed E-state index contributed by atoms with van der Waals surface area (Å²) in [6.07, 6.45) is 1.62. The van der Waals surface area contributed by atoms with Crippen molar-refractivity contribution in [3.8, 4) is 22.6 Å². The van der Waals surface area contributed by atoms with E-state index in [0.717, 1.165) is 11.1 Å². The lowest BCUT2D eigenvalue weighted by molar-refractivity contribution is -0.129. The van der Waals surface area contributed by atoms with E-state index in [-0.39, 0.29) is 24.0 Å². The van der Waals surface area contributed by atoms with Gasteiger partial charge in [-0.05, 0) is 47.0 Å². The van der Waals surface area contributed by atoms with Crippen LogP contribution >= 0.6 is 0 Å². The van der Waals surface area contributed by atoms with Gasteiger partial charge < -0.3 is 14.2 Å². The Morgan fingerprint density at radius 2 is 1.46 bits per heavy atom. The molecule has 1 heterocycles. The maximum absolute atomic E-state index is 12.5. The average Bonchev–Trinajstić information content (AvgIpc) is 3.32. The molecule has 0 atom stereocenters. The number of ketones is 1. The zero-order valence-electron chi connectivity index (χ0n) is 20.1. The molecule has 4 aromatic carbocycles. The van der Waals surface area contributed by atoms with Crippen LogP contribution in [0.15, 0.2) is 114 Å². The number of cyclic esters (lactones) is 1. The number of hydrogen-bond acceptors (Lipinski definition) is 6. The Hall–Kier alpha value is -4.97. The van der Waals surface area contributed by atoms with E-state index in [9.17, 15) is 9.59 Å². The highest BCUT2D eigenvalue weighted by molar-refractivity contribution is 6.13. The van der Waals surface area contributed by atoms with E-state index in [1.165, 1.54) is 7.11 Å². The lowest BCUT2D eigenvalue weighted by Crippen LogP contribution is -2.11. The highest BCUT2D eigenvalue weighted by Gasteiger charge is 2.24. The smallest absolute Gasteiger partial charge is 0.363 e. The first-order chi connectivity index (χ1) is 18.1. The molecule has 0 bridgehead atoms. The van der Waals surface area contributed by atoms with Crippen molar-refractivity contribution in [1.29, 1.82) is 0 Å². The van der Waals surface area contributed by atoms with Crippen molar-refractivity contribution >= 4 is 23.7 Å². The Morgan fingerprint density at radius 3 is 2.16 bits per heavy atom. The summed E-state index contributed by atoms with van der Waals surface area (Å²) in [5.41, 5.74) is 4.30. The van der Waals surface area contributed by atoms with E-state index in [0.29, 0.717) is 28.2 Å². The molecule has 0 spiro atoms. The first-order valence-electron chi connectivity index (χ1n) is 11.7. The fourth-order valence-corrected chi connectivity index (χ4v) is 3.87. The van der Waals surface area contributed by atoms with Gasteiger partial charge in [0.1, 0.15) is 0 Å². The minimum absolute atomic E-state index is 0.121. The Balaban J connectivity index is 1.31. The fraction of sp³-hybridized carbons (Fsp3) is 0.0645. The van der Waals surface area contributed by atoms with Gasteiger partial charge in [-0.2, -0.15) is 0 Å². The number of nitrogens with zero attached hydrogens (tertiary/aromatic N) is 1. The summed E-state index contributed by atoms with van der Waals surface area (Å²) in [4.78, 5) is 29.2. The lowest BCUT2D eigenvalue weighted by atomic mass is 10.0. The van der Waals surface area contributed by atoms with Crippen molar-refractivity contribution in [2.45, 2.75) is 0 Å². The molecule has 37 heavy (non-hydrogen) atoms. The van der Waals surface area contributed by atoms with E-state index in [2.05, 4.69) is 4.99 Å². The molecule has 5 rings (SSSR count). The number of rotatable bonds is 8. The molecule has 0 unspecified atom stereocenters. The third kappa shape index (κ3) is 5.49. The lowest BCUT2D eigenvalue weighted by Gasteiger charge is -2.11. The molecule has 6 nitrogen and oxygen atoms in total. The van der Waals surface area contributed by atoms with Crippen LogP contribution in [0.2, 0.25) is 0 Å². The Kier molecular flexibility index (Phi) is 6.90. The Bertz CT molecular complexity index is 1490. The third-order valence-electron chi connectivity index (χ3n) is 5.81. The van der Waals surface area contributed by atoms with Crippen molar-refractivity contribution in [2.24, 2.45) is 4.99 Å². The minimum Gasteiger partial charge on any atom is -0.493 e. The van der Waals surface area contributed by atoms with E-state index in [1.54, 1.807) is 48.5 Å². The second-order valence-electron chi connectivity index (χ2n) is 8.27. The monoisotopic (exact) mass is 489 g/mol. The zero-order chi connectivity index (χ0) is 25.6. The van der Waals surface area contributed by atoms with Crippen LogP contribution in [0.4, 0.5) is 0 Å². The number of Topliss-reactive ketones (excluding diaryl/α,β-unsaturated/α-hetero) is 1. The summed E-state index contributed by atoms with van der Waals surface area (Å²) in [5.74, 6) is 0.436. The van der Waals surface area contributed by atoms with Gasteiger partial charge >= 0.3 is 5.97 Å². The molecule has 1 aliphatic heterocycles. The van der Waals surface area contributed by atoms with Crippen LogP contribution in [0, 0.1) is 0 Å². The highest BCUT2D eigenvalue weighted by Crippen LogP contribution is 2.30. The van der Waals surface area contributed by atoms with Gasteiger partial charge in [-0.3, -0.25) is 4.79 Å². The summed E-state index contributed by atoms with van der Waals surface area (Å²) in [5, 5.41) is 0. The highest BCUT2D eigenvalue weighted by atomic mass is 16.6. The number of hydrogen-bond donors (Lipinski definition) is 0. The predicted octanol–water partition coefficient (Wildman–Crippen LogP) is 5.97. The predicted molar refractivity (Wildman–Crippen MR) is 142 cm³/mol. The van der Waals surface area contributed by atoms with Crippen LogP contribution < -0.4 is 9.47 Å². The number of methoxy groups -OCH3 is 1. The maximum Gasteiger partial charge on any atom is 0.363 e. The average molecular weight is 490 g/mol. The molecule has 1 aliphatic rings. The van der Waals surface area contributed by atoms with Crippen molar-refractivity contribution in [1.82, 2.24) is 0 Å². The molecule has 0 N–H and O–H groups in total. The molecule has 0 saturated heterocycles. The van der Waals surface area contributed by atoms with Crippen molar-refractivity contribution < 1.29 is 23.8 Å². The molecule has 0 fully saturated rings. The number of ether oxygens (including phenoxy) is 3. The van der Waals surface area contributed by atoms with Crippen molar-refractivity contribution in [3.63, 3.8) is 0 Å². The van der Waals surface area contributed by atoms with Crippen LogP contribution in [0.5, 0.6) is 11.5 Å². The van der Waals surface area contributed by atoms with E-state index in [1.807, 2.05) is 60.7 Å². The number of aliphatic imine (C=N–C) groups is 1. The van der Waals surface area contributed by atoms with Gasteiger partial charge in [0, 0.05) is 11.1 Å². The van der Waals surface area contributed by atoms with E-state index in [4.69, 9.17) is 14.2 Å². The third-order valence-corrected chi connectivity index (χ3v) is 5.81. The van der Waals surface area contributed by atoms with Gasteiger partial charge in [0.05, 0.1) is 7.11 Å². The van der Waals surface area contributed by atoms with Crippen LogP contribution in [0.3, 0.4) is 0 Å². The minimum atomic E-state index is -0.533. The number of carbonyl (C=O) groups excluding carboxylic acids is 2. The SMILES string of the molecule is COc1cc(/C=C2\N=C(c3ccc(-c4ccccc4)cc3)OC2=O)ccc1OCC(=O)c1ccccc1. The quantitative estimate of drug-likeness (QED) is 0.173. The van der Waals surface area contributed by atoms with Crippen LogP contribution in [0.1, 0.15) is 21.5 Å². The maximum atomic E-state index is 12.5. The fourth-order valence-electron chi connectivity index (χ4n) is 3.87. The Labute approximate surface area is 214 Å². The largest absolute Gasteiger partial charge is 0.493 e. The molecule has 182 valence electrons. The van der Waals surface area contributed by atoms with Crippen LogP contribution in [-0.4, -0.2) is 31.4 Å². The van der Waals surface area contributed by atoms with Crippen LogP contribution in [0.25, 0.3) is 17.2 Å². The zero-order valence-corrected chi connectivity index (χ0v) is 20.1. The second kappa shape index (κ2) is 10.7.